The molecule has 228 valence electrons. The predicted octanol–water partition coefficient (Wildman–Crippen LogP) is 9.31. The summed E-state index contributed by atoms with van der Waals surface area (Å²) in [4.78, 5) is 12.7. The number of nitrogens with one attached hydrogen (secondary N) is 1. The third kappa shape index (κ3) is 7.08. The first-order valence-electron chi connectivity index (χ1n) is 14.5. The molecule has 5 rings (SSSR count). The highest BCUT2D eigenvalue weighted by molar-refractivity contribution is 14.1. The third-order valence-corrected chi connectivity index (χ3v) is 8.83. The first-order valence-corrected chi connectivity index (χ1v) is 15.5. The van der Waals surface area contributed by atoms with Crippen LogP contribution in [-0.2, 0) is 22.3 Å². The zero-order chi connectivity index (χ0) is 31.3. The lowest BCUT2D eigenvalue weighted by molar-refractivity contribution is -0.156. The van der Waals surface area contributed by atoms with Gasteiger partial charge < -0.3 is 9.84 Å². The van der Waals surface area contributed by atoms with Crippen molar-refractivity contribution in [2.24, 2.45) is 0 Å². The number of benzene rings is 4. The van der Waals surface area contributed by atoms with E-state index in [9.17, 15) is 23.1 Å². The molecule has 4 nitrogen and oxygen atoms in total. The number of ether oxygens (including phenoxy) is 1. The molecule has 0 amide bonds. The normalized spacial score (nSPS) is 17.9. The number of hydrogen-bond donors (Lipinski definition) is 2. The van der Waals surface area contributed by atoms with Crippen LogP contribution in [0.2, 0.25) is 0 Å². The van der Waals surface area contributed by atoms with Gasteiger partial charge in [0.2, 0.25) is 0 Å². The summed E-state index contributed by atoms with van der Waals surface area (Å²) in [5.74, 6) is -1.14. The van der Waals surface area contributed by atoms with Crippen molar-refractivity contribution in [2.45, 2.75) is 50.6 Å². The number of carbonyl (C=O) groups is 1. The second kappa shape index (κ2) is 13.7. The topological polar surface area (TPSA) is 58.6 Å². The number of alkyl halides is 3. The highest BCUT2D eigenvalue weighted by atomic mass is 127. The van der Waals surface area contributed by atoms with E-state index >= 15 is 0 Å². The maximum atomic E-state index is 14.6. The quantitative estimate of drug-likeness (QED) is 0.134. The highest BCUT2D eigenvalue weighted by Gasteiger charge is 2.49. The lowest BCUT2D eigenvalue weighted by Crippen LogP contribution is -2.59. The summed E-state index contributed by atoms with van der Waals surface area (Å²) < 4.78 is 50.9. The molecule has 1 aliphatic heterocycles. The Labute approximate surface area is 269 Å². The first kappa shape index (κ1) is 31.9. The van der Waals surface area contributed by atoms with Gasteiger partial charge in [0.1, 0.15) is 11.6 Å². The van der Waals surface area contributed by atoms with Gasteiger partial charge in [0, 0.05) is 3.57 Å². The van der Waals surface area contributed by atoms with E-state index in [2.05, 4.69) is 27.9 Å². The average molecular weight is 712 g/mol. The molecule has 4 aromatic rings. The summed E-state index contributed by atoms with van der Waals surface area (Å²) >= 11 is 2.17. The van der Waals surface area contributed by atoms with Crippen LogP contribution in [0.4, 0.5) is 13.2 Å². The Kier molecular flexibility index (Phi) is 9.92. The molecule has 2 atom stereocenters. The molecule has 1 heterocycles. The van der Waals surface area contributed by atoms with Gasteiger partial charge >= 0.3 is 12.1 Å². The largest absolute Gasteiger partial charge is 0.480 e. The van der Waals surface area contributed by atoms with Crippen molar-refractivity contribution in [2.75, 3.05) is 6.54 Å². The Bertz CT molecular complexity index is 1650. The van der Waals surface area contributed by atoms with E-state index in [4.69, 9.17) is 4.74 Å². The lowest BCUT2D eigenvalue weighted by Gasteiger charge is -2.41. The minimum atomic E-state index is -4.67. The summed E-state index contributed by atoms with van der Waals surface area (Å²) in [7, 11) is 0. The zero-order valence-corrected chi connectivity index (χ0v) is 26.4. The van der Waals surface area contributed by atoms with Crippen LogP contribution in [0, 0.1) is 10.5 Å². The third-order valence-electron chi connectivity index (χ3n) is 8.16. The number of aliphatic carboxylic acids is 1. The smallest absolute Gasteiger partial charge is 0.416 e. The van der Waals surface area contributed by atoms with E-state index in [1.165, 1.54) is 12.1 Å². The van der Waals surface area contributed by atoms with Crippen molar-refractivity contribution in [3.8, 4) is 11.1 Å². The Hall–Kier alpha value is -3.47. The van der Waals surface area contributed by atoms with Crippen LogP contribution in [0.15, 0.2) is 91.0 Å². The van der Waals surface area contributed by atoms with Gasteiger partial charge in [-0.15, -0.1) is 0 Å². The summed E-state index contributed by atoms with van der Waals surface area (Å²) in [5, 5.41) is 13.5. The number of piperidine rings is 1. The molecule has 44 heavy (non-hydrogen) atoms. The molecule has 1 saturated heterocycles. The molecule has 0 bridgehead atoms. The fourth-order valence-electron chi connectivity index (χ4n) is 5.85. The van der Waals surface area contributed by atoms with Crippen molar-refractivity contribution >= 4 is 40.7 Å². The number of carboxylic acid groups (broad SMARTS) is 1. The molecule has 0 spiro atoms. The maximum absolute atomic E-state index is 14.6. The number of hydrogen-bond acceptors (Lipinski definition) is 3. The van der Waals surface area contributed by atoms with Gasteiger partial charge in [-0.05, 0) is 112 Å². The van der Waals surface area contributed by atoms with Gasteiger partial charge in [-0.3, -0.25) is 10.1 Å². The summed E-state index contributed by atoms with van der Waals surface area (Å²) in [6.45, 7) is 2.44. The fraction of sp³-hybridized carbons (Fsp3) is 0.250. The minimum absolute atomic E-state index is 0.0110. The summed E-state index contributed by atoms with van der Waals surface area (Å²) in [5.41, 5.74) is 2.35. The molecule has 1 fully saturated rings. The molecule has 2 N–H and O–H groups in total. The Morgan fingerprint density at radius 3 is 2.41 bits per heavy atom. The van der Waals surface area contributed by atoms with Gasteiger partial charge in [-0.2, -0.15) is 13.2 Å². The zero-order valence-electron chi connectivity index (χ0n) is 24.2. The van der Waals surface area contributed by atoms with Crippen molar-refractivity contribution < 1.29 is 27.8 Å². The fourth-order valence-corrected chi connectivity index (χ4v) is 6.46. The maximum Gasteiger partial charge on any atom is 0.416 e. The molecule has 8 heteroatoms. The van der Waals surface area contributed by atoms with E-state index in [0.29, 0.717) is 13.0 Å². The van der Waals surface area contributed by atoms with Gasteiger partial charge in [-0.25, -0.2) is 0 Å². The molecule has 0 radical (unpaired) electrons. The number of rotatable bonds is 9. The van der Waals surface area contributed by atoms with E-state index in [1.54, 1.807) is 12.1 Å². The first-order chi connectivity index (χ1) is 21.1. The molecule has 0 saturated carbocycles. The molecule has 0 aromatic heterocycles. The molecule has 1 aliphatic rings. The standard InChI is InChI=1S/C36H33F3INO3/c1-24-26(12-8-14-31(24)27-10-3-2-4-11-27)15-16-28-17-18-29(22-32(28)36(37,38)39)33(35(34(42)43)19-5-6-20-41-35)44-23-25-9-7-13-30(40)21-25/h2-4,7-18,21-22,33,41H,5-6,19-20,23H2,1H3,(H,42,43). The molecular formula is C36H33F3INO3. The molecule has 4 aromatic carbocycles. The van der Waals surface area contributed by atoms with Crippen molar-refractivity contribution in [1.29, 1.82) is 0 Å². The van der Waals surface area contributed by atoms with Crippen LogP contribution in [-0.4, -0.2) is 23.2 Å². The Balaban J connectivity index is 1.54. The molecular weight excluding hydrogens is 678 g/mol. The highest BCUT2D eigenvalue weighted by Crippen LogP contribution is 2.41. The monoisotopic (exact) mass is 711 g/mol. The van der Waals surface area contributed by atoms with Crippen LogP contribution in [0.1, 0.15) is 58.7 Å². The van der Waals surface area contributed by atoms with E-state index in [-0.39, 0.29) is 24.2 Å². The van der Waals surface area contributed by atoms with Crippen LogP contribution in [0.25, 0.3) is 23.3 Å². The van der Waals surface area contributed by atoms with Crippen molar-refractivity contribution in [3.63, 3.8) is 0 Å². The second-order valence-corrected chi connectivity index (χ2v) is 12.3. The van der Waals surface area contributed by atoms with Crippen LogP contribution in [0.3, 0.4) is 0 Å². The predicted molar refractivity (Wildman–Crippen MR) is 176 cm³/mol. The van der Waals surface area contributed by atoms with Crippen LogP contribution in [0.5, 0.6) is 0 Å². The van der Waals surface area contributed by atoms with Crippen LogP contribution < -0.4 is 5.32 Å². The van der Waals surface area contributed by atoms with Gasteiger partial charge in [0.25, 0.3) is 0 Å². The second-order valence-electron chi connectivity index (χ2n) is 11.0. The molecule has 0 aliphatic carbocycles. The van der Waals surface area contributed by atoms with E-state index < -0.39 is 29.4 Å². The summed E-state index contributed by atoms with van der Waals surface area (Å²) in [6.07, 6.45) is -1.03. The van der Waals surface area contributed by atoms with Crippen molar-refractivity contribution in [1.82, 2.24) is 5.32 Å². The van der Waals surface area contributed by atoms with E-state index in [1.807, 2.05) is 79.7 Å². The number of carboxylic acids is 1. The van der Waals surface area contributed by atoms with Crippen LogP contribution >= 0.6 is 22.6 Å². The lowest BCUT2D eigenvalue weighted by atomic mass is 9.79. The van der Waals surface area contributed by atoms with Gasteiger partial charge in [0.15, 0.2) is 0 Å². The number of halogens is 4. The minimum Gasteiger partial charge on any atom is -0.480 e. The molecule has 2 unspecified atom stereocenters. The average Bonchev–Trinajstić information content (AvgIpc) is 3.01. The SMILES string of the molecule is Cc1c(C=Cc2ccc(C(OCc3cccc(I)c3)C3(C(=O)O)CCCCN3)cc2C(F)(F)F)cccc1-c1ccccc1. The van der Waals surface area contributed by atoms with Gasteiger partial charge in [-0.1, -0.05) is 84.9 Å². The van der Waals surface area contributed by atoms with Crippen molar-refractivity contribution in [3.05, 3.63) is 128 Å². The Morgan fingerprint density at radius 1 is 0.977 bits per heavy atom. The van der Waals surface area contributed by atoms with Gasteiger partial charge in [0.05, 0.1) is 12.2 Å². The Morgan fingerprint density at radius 2 is 1.73 bits per heavy atom. The summed E-state index contributed by atoms with van der Waals surface area (Å²) in [6, 6.07) is 27.1. The van der Waals surface area contributed by atoms with E-state index in [0.717, 1.165) is 43.9 Å².